The monoisotopic (exact) mass is 253 g/mol. The van der Waals surface area contributed by atoms with E-state index < -0.39 is 23.4 Å². The van der Waals surface area contributed by atoms with E-state index in [4.69, 9.17) is 0 Å². The summed E-state index contributed by atoms with van der Waals surface area (Å²) < 4.78 is 37.1. The van der Waals surface area contributed by atoms with Gasteiger partial charge < -0.3 is 0 Å². The molecule has 0 aromatic carbocycles. The number of aromatic nitrogens is 1. The minimum Gasteiger partial charge on any atom is -0.298 e. The van der Waals surface area contributed by atoms with Crippen LogP contribution in [0.5, 0.6) is 0 Å². The molecule has 0 atom stereocenters. The van der Waals surface area contributed by atoms with Crippen molar-refractivity contribution in [1.82, 2.24) is 4.98 Å². The third-order valence-corrected chi connectivity index (χ3v) is 2.03. The Hall–Kier alpha value is -0.910. The van der Waals surface area contributed by atoms with Crippen molar-refractivity contribution >= 4 is 22.2 Å². The second kappa shape index (κ2) is 3.87. The zero-order chi connectivity index (χ0) is 10.0. The maximum Gasteiger partial charge on any atom is 0.267 e. The van der Waals surface area contributed by atoms with Gasteiger partial charge in [0.2, 0.25) is 0 Å². The van der Waals surface area contributed by atoms with Crippen LogP contribution in [0.1, 0.15) is 22.3 Å². The van der Waals surface area contributed by atoms with Gasteiger partial charge in [-0.2, -0.15) is 0 Å². The Morgan fingerprint density at radius 1 is 1.54 bits per heavy atom. The fraction of sp³-hybridized carbons (Fsp3) is 0.143. The first-order valence-corrected chi connectivity index (χ1v) is 3.94. The fourth-order valence-corrected chi connectivity index (χ4v) is 1.24. The number of carbonyl (C=O) groups excluding carboxylic acids is 1. The summed E-state index contributed by atoms with van der Waals surface area (Å²) >= 11 is 2.77. The Labute approximate surface area is 79.9 Å². The molecule has 0 saturated carbocycles. The summed E-state index contributed by atoms with van der Waals surface area (Å²) in [5.41, 5.74) is -1.37. The second-order valence-corrected chi connectivity index (χ2v) is 2.89. The molecule has 1 rings (SSSR count). The van der Waals surface area contributed by atoms with Gasteiger partial charge in [-0.1, -0.05) is 0 Å². The number of hydrogen-bond donors (Lipinski definition) is 0. The maximum atomic E-state index is 12.7. The molecule has 0 aliphatic rings. The second-order valence-electron chi connectivity index (χ2n) is 2.14. The van der Waals surface area contributed by atoms with Gasteiger partial charge in [-0.25, -0.2) is 18.2 Å². The van der Waals surface area contributed by atoms with Crippen LogP contribution >= 0.6 is 15.9 Å². The number of halogens is 4. The predicted octanol–water partition coefficient (Wildman–Crippen LogP) is 2.73. The topological polar surface area (TPSA) is 30.0 Å². The highest BCUT2D eigenvalue weighted by Crippen LogP contribution is 2.28. The highest BCUT2D eigenvalue weighted by atomic mass is 79.9. The first kappa shape index (κ1) is 10.2. The van der Waals surface area contributed by atoms with Gasteiger partial charge in [-0.3, -0.25) is 4.79 Å². The summed E-state index contributed by atoms with van der Waals surface area (Å²) in [7, 11) is 0. The van der Waals surface area contributed by atoms with E-state index in [-0.39, 0.29) is 10.9 Å². The molecule has 0 saturated heterocycles. The third kappa shape index (κ3) is 1.88. The lowest BCUT2D eigenvalue weighted by Crippen LogP contribution is -2.00. The van der Waals surface area contributed by atoms with Crippen molar-refractivity contribution in [3.63, 3.8) is 0 Å². The molecule has 0 fully saturated rings. The van der Waals surface area contributed by atoms with Gasteiger partial charge in [0, 0.05) is 0 Å². The molecule has 0 aliphatic carbocycles. The lowest BCUT2D eigenvalue weighted by atomic mass is 10.1. The Balaban J connectivity index is 3.43. The van der Waals surface area contributed by atoms with Crippen LogP contribution < -0.4 is 0 Å². The summed E-state index contributed by atoms with van der Waals surface area (Å²) in [6.07, 6.45) is -2.25. The number of hydrogen-bond acceptors (Lipinski definition) is 2. The average Bonchev–Trinajstić information content (AvgIpc) is 2.07. The molecule has 13 heavy (non-hydrogen) atoms. The van der Waals surface area contributed by atoms with Gasteiger partial charge in [0.15, 0.2) is 12.1 Å². The van der Waals surface area contributed by atoms with Crippen LogP contribution in [0.3, 0.4) is 0 Å². The molecule has 0 amide bonds. The molecule has 6 heteroatoms. The molecule has 0 radical (unpaired) electrons. The molecule has 1 heterocycles. The molecule has 0 aliphatic heterocycles. The number of rotatable bonds is 2. The minimum atomic E-state index is -3.03. The Bertz CT molecular complexity index is 343. The molecule has 0 N–H and O–H groups in total. The van der Waals surface area contributed by atoms with Gasteiger partial charge in [-0.15, -0.1) is 0 Å². The van der Waals surface area contributed by atoms with E-state index in [0.29, 0.717) is 6.20 Å². The average molecular weight is 254 g/mol. The zero-order valence-corrected chi connectivity index (χ0v) is 7.69. The summed E-state index contributed by atoms with van der Waals surface area (Å²) in [5, 5.41) is 0. The summed E-state index contributed by atoms with van der Waals surface area (Å²) in [4.78, 5) is 13.7. The van der Waals surface area contributed by atoms with Crippen LogP contribution in [0.15, 0.2) is 10.8 Å². The first-order valence-electron chi connectivity index (χ1n) is 3.15. The molecule has 1 aromatic heterocycles. The maximum absolute atomic E-state index is 12.7. The molecule has 0 spiro atoms. The van der Waals surface area contributed by atoms with Crippen molar-refractivity contribution in [1.29, 1.82) is 0 Å². The van der Waals surface area contributed by atoms with E-state index in [1.807, 2.05) is 0 Å². The normalized spacial score (nSPS) is 10.5. The van der Waals surface area contributed by atoms with Crippen molar-refractivity contribution in [2.45, 2.75) is 6.43 Å². The minimum absolute atomic E-state index is 0.0841. The van der Waals surface area contributed by atoms with E-state index in [9.17, 15) is 18.0 Å². The molecule has 1 aromatic rings. The van der Waals surface area contributed by atoms with E-state index >= 15 is 0 Å². The smallest absolute Gasteiger partial charge is 0.267 e. The number of aldehydes is 1. The number of nitrogens with zero attached hydrogens (tertiary/aromatic N) is 1. The van der Waals surface area contributed by atoms with Crippen LogP contribution in [-0.2, 0) is 0 Å². The Morgan fingerprint density at radius 2 is 2.15 bits per heavy atom. The Kier molecular flexibility index (Phi) is 3.02. The van der Waals surface area contributed by atoms with Crippen LogP contribution in [0, 0.1) is 5.82 Å². The van der Waals surface area contributed by atoms with E-state index in [2.05, 4.69) is 20.9 Å². The zero-order valence-electron chi connectivity index (χ0n) is 6.10. The molecular weight excluding hydrogens is 251 g/mol. The van der Waals surface area contributed by atoms with Gasteiger partial charge in [0.1, 0.15) is 4.60 Å². The van der Waals surface area contributed by atoms with Crippen LogP contribution in [0.25, 0.3) is 0 Å². The summed E-state index contributed by atoms with van der Waals surface area (Å²) in [5.74, 6) is -1.18. The highest BCUT2D eigenvalue weighted by Gasteiger charge is 2.20. The van der Waals surface area contributed by atoms with Crippen molar-refractivity contribution in [3.8, 4) is 0 Å². The van der Waals surface area contributed by atoms with Crippen molar-refractivity contribution in [2.75, 3.05) is 0 Å². The molecule has 0 bridgehead atoms. The third-order valence-electron chi connectivity index (χ3n) is 1.40. The van der Waals surface area contributed by atoms with Crippen molar-refractivity contribution < 1.29 is 18.0 Å². The van der Waals surface area contributed by atoms with E-state index in [1.54, 1.807) is 0 Å². The van der Waals surface area contributed by atoms with E-state index in [1.165, 1.54) is 0 Å². The first-order chi connectivity index (χ1) is 6.07. The SMILES string of the molecule is O=Cc1c(Br)ncc(F)c1C(F)F. The van der Waals surface area contributed by atoms with Crippen LogP contribution in [-0.4, -0.2) is 11.3 Å². The van der Waals surface area contributed by atoms with Gasteiger partial charge >= 0.3 is 0 Å². The fourth-order valence-electron chi connectivity index (χ4n) is 0.826. The largest absolute Gasteiger partial charge is 0.298 e. The number of carbonyl (C=O) groups is 1. The van der Waals surface area contributed by atoms with Gasteiger partial charge in [0.25, 0.3) is 6.43 Å². The lowest BCUT2D eigenvalue weighted by molar-refractivity contribution is 0.110. The van der Waals surface area contributed by atoms with Crippen LogP contribution in [0.4, 0.5) is 13.2 Å². The molecule has 2 nitrogen and oxygen atoms in total. The number of alkyl halides is 2. The summed E-state index contributed by atoms with van der Waals surface area (Å²) in [6, 6.07) is 0. The van der Waals surface area contributed by atoms with Crippen molar-refractivity contribution in [3.05, 3.63) is 27.7 Å². The van der Waals surface area contributed by atoms with Gasteiger partial charge in [0.05, 0.1) is 17.3 Å². The summed E-state index contributed by atoms with van der Waals surface area (Å²) in [6.45, 7) is 0. The standard InChI is InChI=1S/C7H3BrF3NO/c8-6-3(2-13)5(7(10)11)4(9)1-12-6/h1-2,7H. The van der Waals surface area contributed by atoms with E-state index in [0.717, 1.165) is 0 Å². The Morgan fingerprint density at radius 3 is 2.54 bits per heavy atom. The van der Waals surface area contributed by atoms with Crippen molar-refractivity contribution in [2.24, 2.45) is 0 Å². The van der Waals surface area contributed by atoms with Crippen LogP contribution in [0.2, 0.25) is 0 Å². The lowest BCUT2D eigenvalue weighted by Gasteiger charge is -2.05. The molecule has 0 unspecified atom stereocenters. The molecule has 70 valence electrons. The molecular formula is C7H3BrF3NO. The highest BCUT2D eigenvalue weighted by molar-refractivity contribution is 9.10. The number of pyridine rings is 1. The van der Waals surface area contributed by atoms with Gasteiger partial charge in [-0.05, 0) is 15.9 Å². The predicted molar refractivity (Wildman–Crippen MR) is 42.2 cm³/mol. The quantitative estimate of drug-likeness (QED) is 0.600.